The van der Waals surface area contributed by atoms with Crippen LogP contribution in [0.4, 0.5) is 0 Å². The third-order valence-electron chi connectivity index (χ3n) is 18.1. The number of amides is 2. The lowest BCUT2D eigenvalue weighted by Crippen LogP contribution is -2.47. The van der Waals surface area contributed by atoms with E-state index in [0.717, 1.165) is 102 Å². The van der Waals surface area contributed by atoms with Crippen LogP contribution in [0.3, 0.4) is 0 Å². The van der Waals surface area contributed by atoms with Crippen molar-refractivity contribution < 1.29 is 71.6 Å². The van der Waals surface area contributed by atoms with E-state index in [-0.39, 0.29) is 94.7 Å². The summed E-state index contributed by atoms with van der Waals surface area (Å²) >= 11 is 0. The van der Waals surface area contributed by atoms with Gasteiger partial charge in [0.1, 0.15) is 28.9 Å². The van der Waals surface area contributed by atoms with E-state index in [1.54, 1.807) is 26.0 Å². The number of esters is 1. The Balaban J connectivity index is -0.000000167. The Labute approximate surface area is 765 Å². The van der Waals surface area contributed by atoms with Gasteiger partial charge in [0.15, 0.2) is 17.3 Å². The maximum atomic E-state index is 11.8. The highest BCUT2D eigenvalue weighted by Gasteiger charge is 2.30. The highest BCUT2D eigenvalue weighted by atomic mass is 16.5. The molecular formula is C103H204N6O15. The highest BCUT2D eigenvalue weighted by Crippen LogP contribution is 2.24. The second-order valence-corrected chi connectivity index (χ2v) is 45.5. The maximum absolute atomic E-state index is 11.8. The number of ketones is 7. The molecule has 2 amide bonds. The number of benzene rings is 1. The lowest BCUT2D eigenvalue weighted by atomic mass is 9.86. The number of methoxy groups -OCH3 is 2. The van der Waals surface area contributed by atoms with Crippen molar-refractivity contribution in [2.45, 2.75) is 369 Å². The van der Waals surface area contributed by atoms with Crippen molar-refractivity contribution in [1.29, 1.82) is 0 Å². The molecule has 3 aliphatic heterocycles. The normalized spacial score (nSPS) is 14.2. The van der Waals surface area contributed by atoms with Gasteiger partial charge in [-0.05, 0) is 159 Å². The van der Waals surface area contributed by atoms with E-state index in [2.05, 4.69) is 87.4 Å². The van der Waals surface area contributed by atoms with Gasteiger partial charge in [-0.1, -0.05) is 241 Å². The number of likely N-dealkylation sites (tertiary alicyclic amines) is 1. The molecule has 3 saturated heterocycles. The number of piperazine rings is 1. The van der Waals surface area contributed by atoms with Gasteiger partial charge in [-0.15, -0.1) is 0 Å². The van der Waals surface area contributed by atoms with Crippen LogP contribution in [0.2, 0.25) is 0 Å². The third kappa shape index (κ3) is 88.8. The lowest BCUT2D eigenvalue weighted by Gasteiger charge is -2.33. The summed E-state index contributed by atoms with van der Waals surface area (Å²) in [6.45, 7) is 107. The molecule has 1 aromatic carbocycles. The first-order chi connectivity index (χ1) is 55.3. The molecule has 1 N–H and O–H groups in total. The molecule has 0 aromatic heterocycles. The fraction of sp³-hybridized carbons (Fsp3) is 0.845. The van der Waals surface area contributed by atoms with E-state index in [9.17, 15) is 47.9 Å². The van der Waals surface area contributed by atoms with Gasteiger partial charge in [0, 0.05) is 141 Å². The van der Waals surface area contributed by atoms with Crippen molar-refractivity contribution in [3.8, 4) is 5.75 Å². The van der Waals surface area contributed by atoms with Gasteiger partial charge in [0.2, 0.25) is 11.8 Å². The molecule has 0 atom stereocenters. The fourth-order valence-electron chi connectivity index (χ4n) is 8.35. The molecular weight excluding hydrogens is 1560 g/mol. The average Bonchev–Trinajstić information content (AvgIpc) is 1.92. The van der Waals surface area contributed by atoms with Crippen LogP contribution in [0.5, 0.6) is 5.75 Å². The van der Waals surface area contributed by atoms with Crippen molar-refractivity contribution in [3.63, 3.8) is 0 Å². The minimum absolute atomic E-state index is 0.0417. The Bertz CT molecular complexity index is 2960. The quantitative estimate of drug-likeness (QED) is 0.151. The van der Waals surface area contributed by atoms with Crippen LogP contribution >= 0.6 is 0 Å². The minimum atomic E-state index is -0.351. The predicted octanol–water partition coefficient (Wildman–Crippen LogP) is 21.8. The molecule has 0 radical (unpaired) electrons. The van der Waals surface area contributed by atoms with E-state index < -0.39 is 0 Å². The SMILES string of the molecule is CC(=O)C(C)(C)C.CC(C)(C)C(=O)CN1CCCC1.CC(C)(C)C(=O)CN1CCOCC1.CC(C)C.CC(C)CC(=O)C(C)(C)C.CCC(=O)C(C)(C)C.CCN(C)C(=O)C(C)(C)C.CCNC(=O)C(C)(C)C.CCOC(=O)C(C)(C)C.CCOC(C)(C)C.CN1CCN(CC(=O)C(C)(C)C)CC1.COC(C)(C)C.COc1ccc(CC(=O)C(C)(C)C)cc1. The van der Waals surface area contributed by atoms with E-state index in [4.69, 9.17) is 23.7 Å². The van der Waals surface area contributed by atoms with Gasteiger partial charge in [-0.25, -0.2) is 0 Å². The Morgan fingerprint density at radius 3 is 0.944 bits per heavy atom. The standard InChI is InChI=1S/C13H18O2.C11H22N2O.C10H19NO2.C10H19NO.C9H18O.C8H17NO.C7H15NO.C7H14O2.C7H14O.C6H14O.C6H12O.C5H12O.C4H10/c1-13(2,3)12(14)9-10-5-7-11(15-4)8-6-10;1-11(2,3)10(14)9-13-7-5-12(4)6-8-13;1-10(2,3)9(12)8-11-4-6-13-7-5-11;1-10(2,3)9(12)8-11-6-4-5-7-11;1-7(2)6-8(10)9(3,4)5;1-6-9(5)7(10)8(2,3)4;1-5-8-6(9)7(2,3)4;1-5-9-6(8)7(2,3)4;1-5-6(8)7(2,3)4;1-5-7-6(2,3)4;1-5(7)6(2,3)4;1-5(2,3)6-4;1-4(2)3/h5-8H,9H2,1-4H3;5-9H2,1-4H3;4-8H2,1-3H3;4-8H2,1-3H3;7H,6H2,1-5H3;6H2,1-5H3;5H2,1-4H3,(H,8,9);5H2,1-4H3;5H2,1-4H3;5H2,1-4H3;1-4H3;1-4H3;4H,1-3H3. The summed E-state index contributed by atoms with van der Waals surface area (Å²) in [5.41, 5.74) is -0.940. The van der Waals surface area contributed by atoms with Crippen LogP contribution in [0, 0.1) is 66.0 Å². The number of hydrogen-bond acceptors (Lipinski definition) is 19. The molecule has 0 spiro atoms. The molecule has 3 aliphatic rings. The number of nitrogens with one attached hydrogen (secondary N) is 1. The van der Waals surface area contributed by atoms with Crippen LogP contribution in [0.25, 0.3) is 0 Å². The number of nitrogens with zero attached hydrogens (tertiary/aromatic N) is 5. The zero-order valence-electron chi connectivity index (χ0n) is 90.9. The second-order valence-electron chi connectivity index (χ2n) is 45.5. The molecule has 736 valence electrons. The molecule has 21 nitrogen and oxygen atoms in total. The number of Topliss-reactive ketones (excluding diaryl/α,β-unsaturated/α-hetero) is 7. The summed E-state index contributed by atoms with van der Waals surface area (Å²) in [5.74, 6) is 4.56. The van der Waals surface area contributed by atoms with Crippen LogP contribution in [-0.2, 0) is 73.3 Å². The van der Waals surface area contributed by atoms with E-state index in [1.165, 1.54) is 12.8 Å². The topological polar surface area (TPSA) is 245 Å². The number of likely N-dealkylation sites (N-methyl/N-ethyl adjacent to an activating group) is 1. The average molecular weight is 1770 g/mol. The molecule has 4 rings (SSSR count). The summed E-state index contributed by atoms with van der Waals surface area (Å²) in [5, 5.41) is 2.75. The van der Waals surface area contributed by atoms with Gasteiger partial charge in [-0.2, -0.15) is 0 Å². The van der Waals surface area contributed by atoms with Crippen molar-refractivity contribution in [2.75, 3.05) is 140 Å². The molecule has 124 heavy (non-hydrogen) atoms. The summed E-state index contributed by atoms with van der Waals surface area (Å²) in [4.78, 5) is 123. The number of rotatable bonds is 16. The first-order valence-corrected chi connectivity index (χ1v) is 46.0. The largest absolute Gasteiger partial charge is 0.497 e. The fourth-order valence-corrected chi connectivity index (χ4v) is 8.35. The van der Waals surface area contributed by atoms with Crippen molar-refractivity contribution in [3.05, 3.63) is 29.8 Å². The van der Waals surface area contributed by atoms with E-state index in [1.807, 2.05) is 294 Å². The van der Waals surface area contributed by atoms with Gasteiger partial charge < -0.3 is 38.8 Å². The third-order valence-corrected chi connectivity index (χ3v) is 18.1. The Morgan fingerprint density at radius 2 is 0.758 bits per heavy atom. The van der Waals surface area contributed by atoms with E-state index in [0.29, 0.717) is 80.3 Å². The Hall–Kier alpha value is -5.16. The molecule has 3 fully saturated rings. The monoisotopic (exact) mass is 1770 g/mol. The van der Waals surface area contributed by atoms with E-state index >= 15 is 0 Å². The summed E-state index contributed by atoms with van der Waals surface area (Å²) in [6.07, 6.45) is 4.38. The van der Waals surface area contributed by atoms with Gasteiger partial charge in [0.05, 0.1) is 63.2 Å². The predicted molar refractivity (Wildman–Crippen MR) is 526 cm³/mol. The summed E-state index contributed by atoms with van der Waals surface area (Å²) in [7, 11) is 7.30. The molecule has 3 heterocycles. The number of ether oxygens (including phenoxy) is 5. The van der Waals surface area contributed by atoms with Gasteiger partial charge >= 0.3 is 5.97 Å². The smallest absolute Gasteiger partial charge is 0.311 e. The van der Waals surface area contributed by atoms with Gasteiger partial charge in [0.25, 0.3) is 0 Å². The first-order valence-electron chi connectivity index (χ1n) is 46.0. The zero-order valence-corrected chi connectivity index (χ0v) is 90.9. The Kier molecular flexibility index (Phi) is 73.1. The van der Waals surface area contributed by atoms with Crippen molar-refractivity contribution >= 4 is 58.3 Å². The molecule has 0 bridgehead atoms. The summed E-state index contributed by atoms with van der Waals surface area (Å²) < 4.78 is 25.2. The van der Waals surface area contributed by atoms with Gasteiger partial charge in [-0.3, -0.25) is 62.6 Å². The summed E-state index contributed by atoms with van der Waals surface area (Å²) in [6, 6.07) is 7.63. The second kappa shape index (κ2) is 66.2. The number of carbonyl (C=O) groups excluding carboxylic acids is 10. The van der Waals surface area contributed by atoms with Crippen LogP contribution in [0.15, 0.2) is 24.3 Å². The molecule has 0 unspecified atom stereocenters. The maximum Gasteiger partial charge on any atom is 0.311 e. The number of morpholine rings is 1. The number of carbonyl (C=O) groups is 10. The zero-order chi connectivity index (χ0) is 101. The first kappa shape index (κ1) is 137. The molecule has 0 aliphatic carbocycles. The van der Waals surface area contributed by atoms with Crippen LogP contribution < -0.4 is 10.1 Å². The Morgan fingerprint density at radius 1 is 0.427 bits per heavy atom. The highest BCUT2D eigenvalue weighted by molar-refractivity contribution is 5.88. The van der Waals surface area contributed by atoms with Crippen LogP contribution in [-0.4, -0.2) is 234 Å². The molecule has 0 saturated carbocycles. The lowest BCUT2D eigenvalue weighted by molar-refractivity contribution is -0.152. The molecule has 1 aromatic rings. The van der Waals surface area contributed by atoms with Crippen LogP contribution in [0.1, 0.15) is 357 Å². The van der Waals surface area contributed by atoms with Crippen molar-refractivity contribution in [2.24, 2.45) is 66.0 Å². The molecule has 21 heteroatoms. The van der Waals surface area contributed by atoms with Crippen molar-refractivity contribution in [1.82, 2.24) is 29.8 Å². The number of hydrogen-bond donors (Lipinski definition) is 1. The minimum Gasteiger partial charge on any atom is -0.497 e.